The predicted molar refractivity (Wildman–Crippen MR) is 143 cm³/mol. The number of hydrogen-bond donors (Lipinski definition) is 2. The van der Waals surface area contributed by atoms with E-state index < -0.39 is 0 Å². The van der Waals surface area contributed by atoms with Crippen LogP contribution in [0.1, 0.15) is 50.2 Å². The molecule has 7 nitrogen and oxygen atoms in total. The number of amides is 1. The SMILES string of the molecule is CCNC(=NCc1cccnc1OCc1ccccc1)NCCCN1CCCCCC1=O.I. The highest BCUT2D eigenvalue weighted by Crippen LogP contribution is 2.17. The highest BCUT2D eigenvalue weighted by atomic mass is 127. The van der Waals surface area contributed by atoms with Crippen molar-refractivity contribution >= 4 is 35.8 Å². The molecule has 180 valence electrons. The van der Waals surface area contributed by atoms with Gasteiger partial charge >= 0.3 is 0 Å². The average molecular weight is 566 g/mol. The number of nitrogens with one attached hydrogen (secondary N) is 2. The second-order valence-electron chi connectivity index (χ2n) is 7.91. The minimum atomic E-state index is 0. The van der Waals surface area contributed by atoms with Crippen molar-refractivity contribution in [3.8, 4) is 5.88 Å². The lowest BCUT2D eigenvalue weighted by Gasteiger charge is -2.20. The van der Waals surface area contributed by atoms with Gasteiger partial charge < -0.3 is 20.3 Å². The maximum Gasteiger partial charge on any atom is 0.222 e. The maximum atomic E-state index is 12.1. The molecule has 1 fully saturated rings. The summed E-state index contributed by atoms with van der Waals surface area (Å²) in [6.45, 7) is 6.22. The molecule has 0 unspecified atom stereocenters. The largest absolute Gasteiger partial charge is 0.473 e. The fraction of sp³-hybridized carbons (Fsp3) is 0.480. The van der Waals surface area contributed by atoms with Gasteiger partial charge in [-0.05, 0) is 37.8 Å². The standard InChI is InChI=1S/C25H35N5O2.HI/c1-2-26-25(28-16-10-18-30-17-8-4-7-14-23(30)31)29-19-22-13-9-15-27-24(22)32-20-21-11-5-3-6-12-21;/h3,5-6,9,11-13,15H,2,4,7-8,10,14,16-20H2,1H3,(H2,26,28,29);1H. The minimum absolute atomic E-state index is 0. The summed E-state index contributed by atoms with van der Waals surface area (Å²) in [5.41, 5.74) is 2.04. The molecular weight excluding hydrogens is 529 g/mol. The molecule has 1 saturated heterocycles. The van der Waals surface area contributed by atoms with Crippen LogP contribution in [0.25, 0.3) is 0 Å². The van der Waals surface area contributed by atoms with Crippen molar-refractivity contribution in [1.29, 1.82) is 0 Å². The molecule has 2 heterocycles. The zero-order valence-corrected chi connectivity index (χ0v) is 21.8. The zero-order valence-electron chi connectivity index (χ0n) is 19.5. The van der Waals surface area contributed by atoms with Crippen molar-refractivity contribution < 1.29 is 9.53 Å². The summed E-state index contributed by atoms with van der Waals surface area (Å²) < 4.78 is 5.94. The van der Waals surface area contributed by atoms with Crippen LogP contribution in [0, 0.1) is 0 Å². The molecule has 1 amide bonds. The molecule has 1 aromatic carbocycles. The first-order valence-electron chi connectivity index (χ1n) is 11.7. The number of likely N-dealkylation sites (tertiary alicyclic amines) is 1. The molecule has 0 aliphatic carbocycles. The minimum Gasteiger partial charge on any atom is -0.473 e. The monoisotopic (exact) mass is 565 g/mol. The van der Waals surface area contributed by atoms with Gasteiger partial charge in [-0.25, -0.2) is 9.98 Å². The third kappa shape index (κ3) is 9.57. The first-order valence-corrected chi connectivity index (χ1v) is 11.7. The van der Waals surface area contributed by atoms with E-state index in [0.717, 1.165) is 68.9 Å². The number of halogens is 1. The third-order valence-electron chi connectivity index (χ3n) is 5.39. The number of ether oxygens (including phenoxy) is 1. The Morgan fingerprint density at radius 2 is 1.97 bits per heavy atom. The number of guanidine groups is 1. The second kappa shape index (κ2) is 15.5. The molecule has 2 N–H and O–H groups in total. The molecule has 3 rings (SSSR count). The highest BCUT2D eigenvalue weighted by Gasteiger charge is 2.15. The van der Waals surface area contributed by atoms with Crippen molar-refractivity contribution in [1.82, 2.24) is 20.5 Å². The van der Waals surface area contributed by atoms with E-state index in [1.54, 1.807) is 6.20 Å². The van der Waals surface area contributed by atoms with Gasteiger partial charge in [0.05, 0.1) is 6.54 Å². The van der Waals surface area contributed by atoms with Gasteiger partial charge in [-0.2, -0.15) is 0 Å². The Morgan fingerprint density at radius 3 is 2.79 bits per heavy atom. The lowest BCUT2D eigenvalue weighted by atomic mass is 10.2. The van der Waals surface area contributed by atoms with Gasteiger partial charge in [-0.1, -0.05) is 42.8 Å². The number of nitrogens with zero attached hydrogens (tertiary/aromatic N) is 3. The Balaban J connectivity index is 0.00000385. The van der Waals surface area contributed by atoms with Crippen molar-refractivity contribution in [3.63, 3.8) is 0 Å². The van der Waals surface area contributed by atoms with Gasteiger partial charge in [0.2, 0.25) is 11.8 Å². The van der Waals surface area contributed by atoms with Gasteiger partial charge in [0.25, 0.3) is 0 Å². The Bertz CT molecular complexity index is 863. The maximum absolute atomic E-state index is 12.1. The summed E-state index contributed by atoms with van der Waals surface area (Å²) in [5.74, 6) is 1.66. The van der Waals surface area contributed by atoms with Crippen molar-refractivity contribution in [3.05, 3.63) is 59.8 Å². The topological polar surface area (TPSA) is 78.9 Å². The van der Waals surface area contributed by atoms with E-state index in [4.69, 9.17) is 9.73 Å². The molecule has 1 aliphatic rings. The predicted octanol–water partition coefficient (Wildman–Crippen LogP) is 4.13. The fourth-order valence-electron chi connectivity index (χ4n) is 3.66. The van der Waals surface area contributed by atoms with Gasteiger partial charge in [-0.15, -0.1) is 24.0 Å². The molecule has 0 atom stereocenters. The fourth-order valence-corrected chi connectivity index (χ4v) is 3.66. The first kappa shape index (κ1) is 26.9. The van der Waals surface area contributed by atoms with Crippen LogP contribution in [0.5, 0.6) is 5.88 Å². The molecule has 8 heteroatoms. The van der Waals surface area contributed by atoms with Crippen LogP contribution in [0.4, 0.5) is 0 Å². The van der Waals surface area contributed by atoms with Crippen molar-refractivity contribution in [2.45, 2.75) is 52.2 Å². The average Bonchev–Trinajstić information content (AvgIpc) is 3.04. The third-order valence-corrected chi connectivity index (χ3v) is 5.39. The molecule has 33 heavy (non-hydrogen) atoms. The number of rotatable bonds is 10. The molecule has 1 aromatic heterocycles. The summed E-state index contributed by atoms with van der Waals surface area (Å²) in [4.78, 5) is 23.2. The van der Waals surface area contributed by atoms with Crippen LogP contribution >= 0.6 is 24.0 Å². The highest BCUT2D eigenvalue weighted by molar-refractivity contribution is 14.0. The van der Waals surface area contributed by atoms with Crippen LogP contribution in [-0.4, -0.2) is 47.9 Å². The van der Waals surface area contributed by atoms with Gasteiger partial charge in [0, 0.05) is 44.4 Å². The van der Waals surface area contributed by atoms with Crippen LogP contribution < -0.4 is 15.4 Å². The zero-order chi connectivity index (χ0) is 22.4. The molecule has 0 radical (unpaired) electrons. The summed E-state index contributed by atoms with van der Waals surface area (Å²) in [7, 11) is 0. The second-order valence-corrected chi connectivity index (χ2v) is 7.91. The number of carbonyl (C=O) groups excluding carboxylic acids is 1. The summed E-state index contributed by atoms with van der Waals surface area (Å²) >= 11 is 0. The number of hydrogen-bond acceptors (Lipinski definition) is 4. The smallest absolute Gasteiger partial charge is 0.222 e. The number of benzene rings is 1. The first-order chi connectivity index (χ1) is 15.8. The van der Waals surface area contributed by atoms with Crippen LogP contribution in [0.2, 0.25) is 0 Å². The van der Waals surface area contributed by atoms with E-state index in [-0.39, 0.29) is 24.0 Å². The van der Waals surface area contributed by atoms with E-state index >= 15 is 0 Å². The van der Waals surface area contributed by atoms with Crippen LogP contribution in [0.3, 0.4) is 0 Å². The van der Waals surface area contributed by atoms with E-state index in [1.165, 1.54) is 0 Å². The van der Waals surface area contributed by atoms with Crippen molar-refractivity contribution in [2.24, 2.45) is 4.99 Å². The lowest BCUT2D eigenvalue weighted by Crippen LogP contribution is -2.39. The van der Waals surface area contributed by atoms with Gasteiger partial charge in [-0.3, -0.25) is 4.79 Å². The van der Waals surface area contributed by atoms with Crippen molar-refractivity contribution in [2.75, 3.05) is 26.2 Å². The normalized spacial score (nSPS) is 14.3. The summed E-state index contributed by atoms with van der Waals surface area (Å²) in [6, 6.07) is 14.0. The molecule has 0 spiro atoms. The Morgan fingerprint density at radius 1 is 1.12 bits per heavy atom. The molecule has 0 saturated carbocycles. The number of pyridine rings is 1. The number of carbonyl (C=O) groups is 1. The summed E-state index contributed by atoms with van der Waals surface area (Å²) in [5, 5.41) is 6.66. The Labute approximate surface area is 214 Å². The van der Waals surface area contributed by atoms with Gasteiger partial charge in [0.1, 0.15) is 6.61 Å². The van der Waals surface area contributed by atoms with E-state index in [9.17, 15) is 4.79 Å². The lowest BCUT2D eigenvalue weighted by molar-refractivity contribution is -0.130. The quantitative estimate of drug-likeness (QED) is 0.196. The Kier molecular flexibility index (Phi) is 12.6. The van der Waals surface area contributed by atoms with Crippen LogP contribution in [-0.2, 0) is 17.9 Å². The summed E-state index contributed by atoms with van der Waals surface area (Å²) in [6.07, 6.45) is 6.62. The van der Waals surface area contributed by atoms with Crippen LogP contribution in [0.15, 0.2) is 53.7 Å². The molecule has 2 aromatic rings. The number of aliphatic imine (C=N–C) groups is 1. The number of aromatic nitrogens is 1. The molecular formula is C25H36IN5O2. The van der Waals surface area contributed by atoms with E-state index in [1.807, 2.05) is 54.3 Å². The molecule has 0 bridgehead atoms. The van der Waals surface area contributed by atoms with E-state index in [2.05, 4.69) is 15.6 Å². The van der Waals surface area contributed by atoms with Gasteiger partial charge in [0.15, 0.2) is 5.96 Å². The van der Waals surface area contributed by atoms with E-state index in [0.29, 0.717) is 31.4 Å². The molecule has 1 aliphatic heterocycles. The Hall–Kier alpha value is -2.36.